The highest BCUT2D eigenvalue weighted by Crippen LogP contribution is 2.43. The largest absolute Gasteiger partial charge is 0.375 e. The van der Waals surface area contributed by atoms with Gasteiger partial charge in [0.2, 0.25) is 5.91 Å². The Kier molecular flexibility index (Phi) is 6.98. The molecule has 1 fully saturated rings. The molecule has 0 aliphatic carbocycles. The number of aromatic nitrogens is 2. The van der Waals surface area contributed by atoms with Gasteiger partial charge in [0.25, 0.3) is 0 Å². The van der Waals surface area contributed by atoms with Gasteiger partial charge in [-0.25, -0.2) is 4.39 Å². The van der Waals surface area contributed by atoms with Crippen LogP contribution in [0.3, 0.4) is 0 Å². The second kappa shape index (κ2) is 10.5. The van der Waals surface area contributed by atoms with E-state index in [0.29, 0.717) is 16.5 Å². The van der Waals surface area contributed by atoms with E-state index in [-0.39, 0.29) is 30.4 Å². The molecule has 37 heavy (non-hydrogen) atoms. The van der Waals surface area contributed by atoms with Crippen LogP contribution in [0.1, 0.15) is 29.0 Å². The van der Waals surface area contributed by atoms with Crippen LogP contribution in [-0.4, -0.2) is 34.3 Å². The number of para-hydroxylation sites is 1. The van der Waals surface area contributed by atoms with Gasteiger partial charge in [-0.2, -0.15) is 0 Å². The van der Waals surface area contributed by atoms with E-state index in [1.165, 1.54) is 13.2 Å². The Balaban J connectivity index is 1.60. The van der Waals surface area contributed by atoms with Gasteiger partial charge >= 0.3 is 0 Å². The monoisotopic (exact) mass is 515 g/mol. The second-order valence-electron chi connectivity index (χ2n) is 8.73. The number of hydrogen-bond acceptors (Lipinski definition) is 4. The van der Waals surface area contributed by atoms with Crippen molar-refractivity contribution in [1.29, 1.82) is 0 Å². The number of hydrogen-bond donors (Lipinski definition) is 2. The van der Waals surface area contributed by atoms with Crippen LogP contribution in [0.15, 0.2) is 85.2 Å². The van der Waals surface area contributed by atoms with E-state index >= 15 is 0 Å². The maximum absolute atomic E-state index is 14.9. The number of nitrogens with one attached hydrogen (secondary N) is 2. The normalized spacial score (nSPS) is 17.1. The maximum Gasteiger partial charge on any atom is 0.250 e. The van der Waals surface area contributed by atoms with Gasteiger partial charge in [0.1, 0.15) is 18.5 Å². The van der Waals surface area contributed by atoms with Crippen LogP contribution < -0.4 is 15.5 Å². The number of amides is 1. The van der Waals surface area contributed by atoms with Crippen molar-refractivity contribution in [3.05, 3.63) is 108 Å². The van der Waals surface area contributed by atoms with Gasteiger partial charge in [-0.1, -0.05) is 18.2 Å². The fraction of sp³-hybridized carbons (Fsp3) is 0.179. The summed E-state index contributed by atoms with van der Waals surface area (Å²) >= 11 is 5.83. The molecule has 5 rings (SSSR count). The zero-order valence-electron chi connectivity index (χ0n) is 20.4. The van der Waals surface area contributed by atoms with Crippen molar-refractivity contribution < 1.29 is 13.9 Å². The van der Waals surface area contributed by atoms with Crippen LogP contribution in [0.5, 0.6) is 0 Å². The molecule has 1 aliphatic heterocycles. The first-order valence-corrected chi connectivity index (χ1v) is 12.2. The molecule has 2 aromatic heterocycles. The molecule has 0 saturated carbocycles. The summed E-state index contributed by atoms with van der Waals surface area (Å²) in [5.41, 5.74) is 4.52. The Hall–Kier alpha value is -4.08. The third kappa shape index (κ3) is 4.83. The first kappa shape index (κ1) is 24.6. The minimum Gasteiger partial charge on any atom is -0.375 e. The Morgan fingerprint density at radius 2 is 1.95 bits per heavy atom. The fourth-order valence-corrected chi connectivity index (χ4v) is 5.04. The summed E-state index contributed by atoms with van der Waals surface area (Å²) in [5.74, 6) is -0.547. The highest BCUT2D eigenvalue weighted by atomic mass is 32.1. The number of carbonyl (C=O) groups is 1. The van der Waals surface area contributed by atoms with E-state index in [9.17, 15) is 9.18 Å². The molecular weight excluding hydrogens is 489 g/mol. The van der Waals surface area contributed by atoms with Crippen molar-refractivity contribution in [2.45, 2.75) is 19.0 Å². The van der Waals surface area contributed by atoms with Gasteiger partial charge < -0.3 is 24.8 Å². The summed E-state index contributed by atoms with van der Waals surface area (Å²) in [6.07, 6.45) is 3.60. The molecule has 1 aliphatic rings. The van der Waals surface area contributed by atoms with Gasteiger partial charge in [0.15, 0.2) is 5.11 Å². The predicted octanol–water partition coefficient (Wildman–Crippen LogP) is 5.08. The molecule has 9 heteroatoms. The Morgan fingerprint density at radius 3 is 2.68 bits per heavy atom. The molecule has 2 aromatic carbocycles. The third-order valence-corrected chi connectivity index (χ3v) is 6.65. The van der Waals surface area contributed by atoms with E-state index in [1.54, 1.807) is 18.3 Å². The van der Waals surface area contributed by atoms with E-state index < -0.39 is 0 Å². The maximum atomic E-state index is 14.9. The molecular formula is C28H26FN5O2S. The average Bonchev–Trinajstić information content (AvgIpc) is 3.50. The summed E-state index contributed by atoms with van der Waals surface area (Å²) in [6.45, 7) is 1.90. The lowest BCUT2D eigenvalue weighted by Gasteiger charge is -2.29. The van der Waals surface area contributed by atoms with Gasteiger partial charge in [-0.05, 0) is 79.3 Å². The Bertz CT molecular complexity index is 1440. The van der Waals surface area contributed by atoms with Crippen molar-refractivity contribution in [3.63, 3.8) is 0 Å². The zero-order valence-corrected chi connectivity index (χ0v) is 21.2. The van der Waals surface area contributed by atoms with Gasteiger partial charge in [0.05, 0.1) is 17.4 Å². The van der Waals surface area contributed by atoms with Crippen LogP contribution in [0, 0.1) is 12.7 Å². The standard InChI is InChI=1S/C28H26FN5O2S/c1-18-16-19(12-13-21(18)31-25(35)17-36-2)34-27(26(32-28(34)37)22-9-5-6-14-30-22)24-11-7-15-33(24)23-10-4-3-8-20(23)29/h3-16,26-27H,17H2,1-2H3,(H,31,35)(H,32,37)/t26-,27+/m1/s1. The first-order chi connectivity index (χ1) is 18.0. The first-order valence-electron chi connectivity index (χ1n) is 11.8. The molecule has 1 saturated heterocycles. The van der Waals surface area contributed by atoms with Crippen molar-refractivity contribution in [2.24, 2.45) is 0 Å². The summed E-state index contributed by atoms with van der Waals surface area (Å²) in [7, 11) is 1.48. The van der Waals surface area contributed by atoms with Crippen molar-refractivity contribution in [1.82, 2.24) is 14.9 Å². The van der Waals surface area contributed by atoms with E-state index in [2.05, 4.69) is 15.6 Å². The smallest absolute Gasteiger partial charge is 0.250 e. The van der Waals surface area contributed by atoms with Crippen molar-refractivity contribution in [2.75, 3.05) is 23.9 Å². The quantitative estimate of drug-likeness (QED) is 0.335. The van der Waals surface area contributed by atoms with Crippen LogP contribution in [-0.2, 0) is 9.53 Å². The topological polar surface area (TPSA) is 71.4 Å². The van der Waals surface area contributed by atoms with Crippen LogP contribution in [0.2, 0.25) is 0 Å². The number of anilines is 2. The molecule has 4 aromatic rings. The third-order valence-electron chi connectivity index (χ3n) is 6.33. The summed E-state index contributed by atoms with van der Waals surface area (Å²) in [6, 6.07) is 21.4. The fourth-order valence-electron chi connectivity index (χ4n) is 4.69. The summed E-state index contributed by atoms with van der Waals surface area (Å²) < 4.78 is 21.6. The van der Waals surface area contributed by atoms with Crippen molar-refractivity contribution >= 4 is 34.6 Å². The number of pyridine rings is 1. The minimum absolute atomic E-state index is 0.0256. The average molecular weight is 516 g/mol. The number of halogens is 1. The summed E-state index contributed by atoms with van der Waals surface area (Å²) in [5, 5.41) is 6.82. The molecule has 0 spiro atoms. The summed E-state index contributed by atoms with van der Waals surface area (Å²) in [4.78, 5) is 18.7. The lowest BCUT2D eigenvalue weighted by molar-refractivity contribution is -0.119. The van der Waals surface area contributed by atoms with E-state index in [1.807, 2.05) is 77.2 Å². The van der Waals surface area contributed by atoms with Crippen LogP contribution in [0.25, 0.3) is 5.69 Å². The lowest BCUT2D eigenvalue weighted by Crippen LogP contribution is -2.30. The van der Waals surface area contributed by atoms with E-state index in [0.717, 1.165) is 22.6 Å². The van der Waals surface area contributed by atoms with Gasteiger partial charge in [-0.3, -0.25) is 9.78 Å². The number of methoxy groups -OCH3 is 1. The Morgan fingerprint density at radius 1 is 1.14 bits per heavy atom. The molecule has 0 radical (unpaired) electrons. The van der Waals surface area contributed by atoms with Crippen LogP contribution >= 0.6 is 12.2 Å². The number of ether oxygens (including phenoxy) is 1. The molecule has 2 N–H and O–H groups in total. The predicted molar refractivity (Wildman–Crippen MR) is 145 cm³/mol. The SMILES string of the molecule is COCC(=O)Nc1ccc(N2C(=S)N[C@H](c3ccccn3)[C@@H]2c2cccn2-c2ccccc2F)cc1C. The number of thiocarbonyl (C=S) groups is 1. The molecule has 0 unspecified atom stereocenters. The van der Waals surface area contributed by atoms with Gasteiger partial charge in [-0.15, -0.1) is 0 Å². The molecule has 188 valence electrons. The van der Waals surface area contributed by atoms with Crippen LogP contribution in [0.4, 0.5) is 15.8 Å². The number of carbonyl (C=O) groups excluding carboxylic acids is 1. The number of rotatable bonds is 7. The van der Waals surface area contributed by atoms with Crippen molar-refractivity contribution in [3.8, 4) is 5.69 Å². The molecule has 7 nitrogen and oxygen atoms in total. The Labute approximate surface area is 219 Å². The highest BCUT2D eigenvalue weighted by molar-refractivity contribution is 7.80. The molecule has 3 heterocycles. The lowest BCUT2D eigenvalue weighted by atomic mass is 10.00. The van der Waals surface area contributed by atoms with Gasteiger partial charge in [0, 0.05) is 36.6 Å². The molecule has 2 atom stereocenters. The molecule has 1 amide bonds. The molecule has 0 bridgehead atoms. The number of benzene rings is 2. The number of aryl methyl sites for hydroxylation is 1. The van der Waals surface area contributed by atoms with E-state index in [4.69, 9.17) is 17.0 Å². The zero-order chi connectivity index (χ0) is 25.9. The second-order valence-corrected chi connectivity index (χ2v) is 9.12. The minimum atomic E-state index is -0.328. The highest BCUT2D eigenvalue weighted by Gasteiger charge is 2.42. The number of nitrogens with zero attached hydrogens (tertiary/aromatic N) is 3.